The van der Waals surface area contributed by atoms with Gasteiger partial charge in [0.25, 0.3) is 0 Å². The fourth-order valence-electron chi connectivity index (χ4n) is 3.16. The molecular weight excluding hydrogens is 234 g/mol. The Labute approximate surface area is 120 Å². The first-order chi connectivity index (χ1) is 9.26. The molecule has 2 nitrogen and oxygen atoms in total. The van der Waals surface area contributed by atoms with E-state index in [2.05, 4.69) is 26.1 Å². The molecule has 2 heteroatoms. The van der Waals surface area contributed by atoms with Gasteiger partial charge in [0.15, 0.2) is 0 Å². The average Bonchev–Trinajstić information content (AvgIpc) is 2.46. The molecular formula is C17H35NO. The third-order valence-electron chi connectivity index (χ3n) is 4.74. The Bertz CT molecular complexity index is 213. The topological polar surface area (TPSA) is 21.3 Å². The summed E-state index contributed by atoms with van der Waals surface area (Å²) in [5.74, 6) is 0. The van der Waals surface area contributed by atoms with E-state index < -0.39 is 0 Å². The van der Waals surface area contributed by atoms with Crippen molar-refractivity contribution in [2.45, 2.75) is 96.6 Å². The fraction of sp³-hybridized carbons (Fsp3) is 1.00. The molecule has 1 unspecified atom stereocenters. The van der Waals surface area contributed by atoms with Crippen molar-refractivity contribution in [1.82, 2.24) is 5.32 Å². The van der Waals surface area contributed by atoms with E-state index in [0.717, 1.165) is 19.4 Å². The van der Waals surface area contributed by atoms with E-state index in [1.165, 1.54) is 57.9 Å². The van der Waals surface area contributed by atoms with Gasteiger partial charge in [-0.1, -0.05) is 52.9 Å². The summed E-state index contributed by atoms with van der Waals surface area (Å²) < 4.78 is 6.03. The van der Waals surface area contributed by atoms with Crippen molar-refractivity contribution in [3.05, 3.63) is 0 Å². The second-order valence-corrected chi connectivity index (χ2v) is 6.15. The van der Waals surface area contributed by atoms with Gasteiger partial charge in [-0.3, -0.25) is 0 Å². The van der Waals surface area contributed by atoms with Crippen molar-refractivity contribution in [2.24, 2.45) is 0 Å². The molecule has 1 rings (SSSR count). The maximum Gasteiger partial charge on any atom is 0.0692 e. The van der Waals surface area contributed by atoms with Gasteiger partial charge in [0, 0.05) is 12.6 Å². The second kappa shape index (κ2) is 9.77. The molecule has 0 saturated carbocycles. The first-order valence-electron chi connectivity index (χ1n) is 8.63. The summed E-state index contributed by atoms with van der Waals surface area (Å²) in [6.45, 7) is 8.94. The summed E-state index contributed by atoms with van der Waals surface area (Å²) in [5, 5.41) is 3.76. The summed E-state index contributed by atoms with van der Waals surface area (Å²) in [4.78, 5) is 0. The van der Waals surface area contributed by atoms with Crippen LogP contribution in [0.5, 0.6) is 0 Å². The van der Waals surface area contributed by atoms with Crippen LogP contribution in [-0.2, 0) is 4.74 Å². The van der Waals surface area contributed by atoms with Crippen LogP contribution in [0.1, 0.15) is 85.0 Å². The molecule has 0 spiro atoms. The van der Waals surface area contributed by atoms with Crippen molar-refractivity contribution in [1.29, 1.82) is 0 Å². The molecule has 1 heterocycles. The fourth-order valence-corrected chi connectivity index (χ4v) is 3.16. The smallest absolute Gasteiger partial charge is 0.0692 e. The molecule has 1 aliphatic rings. The molecule has 19 heavy (non-hydrogen) atoms. The number of nitrogens with one attached hydrogen (secondary N) is 1. The van der Waals surface area contributed by atoms with Crippen molar-refractivity contribution < 1.29 is 4.74 Å². The molecule has 1 N–H and O–H groups in total. The Morgan fingerprint density at radius 2 is 1.68 bits per heavy atom. The highest BCUT2D eigenvalue weighted by Crippen LogP contribution is 2.31. The van der Waals surface area contributed by atoms with Gasteiger partial charge in [-0.25, -0.2) is 0 Å². The van der Waals surface area contributed by atoms with Crippen LogP contribution in [0.15, 0.2) is 0 Å². The number of hydrogen-bond acceptors (Lipinski definition) is 2. The molecule has 114 valence electrons. The minimum atomic E-state index is 0.164. The zero-order valence-electron chi connectivity index (χ0n) is 13.5. The Morgan fingerprint density at radius 1 is 1.00 bits per heavy atom. The minimum absolute atomic E-state index is 0.164. The molecule has 0 aliphatic carbocycles. The standard InChI is InChI=1S/C17H35NO/c1-4-7-8-9-10-11-13-18-16-12-14-19-17(5-2,6-3)15-16/h16,18H,4-15H2,1-3H3. The average molecular weight is 269 g/mol. The van der Waals surface area contributed by atoms with Crippen LogP contribution in [0, 0.1) is 0 Å². The lowest BCUT2D eigenvalue weighted by atomic mass is 9.86. The van der Waals surface area contributed by atoms with Gasteiger partial charge in [-0.15, -0.1) is 0 Å². The number of unbranched alkanes of at least 4 members (excludes halogenated alkanes) is 5. The van der Waals surface area contributed by atoms with Gasteiger partial charge in [0.05, 0.1) is 5.60 Å². The van der Waals surface area contributed by atoms with E-state index in [4.69, 9.17) is 4.74 Å². The number of rotatable bonds is 10. The van der Waals surface area contributed by atoms with Crippen molar-refractivity contribution in [3.63, 3.8) is 0 Å². The van der Waals surface area contributed by atoms with E-state index in [1.807, 2.05) is 0 Å². The van der Waals surface area contributed by atoms with E-state index in [1.54, 1.807) is 0 Å². The van der Waals surface area contributed by atoms with Gasteiger partial charge >= 0.3 is 0 Å². The van der Waals surface area contributed by atoms with Gasteiger partial charge in [-0.05, 0) is 38.6 Å². The highest BCUT2D eigenvalue weighted by molar-refractivity contribution is 4.88. The molecule has 0 aromatic heterocycles. The van der Waals surface area contributed by atoms with Crippen molar-refractivity contribution >= 4 is 0 Å². The highest BCUT2D eigenvalue weighted by atomic mass is 16.5. The van der Waals surface area contributed by atoms with Gasteiger partial charge in [-0.2, -0.15) is 0 Å². The molecule has 1 fully saturated rings. The number of ether oxygens (including phenoxy) is 1. The zero-order valence-corrected chi connectivity index (χ0v) is 13.5. The van der Waals surface area contributed by atoms with Crippen LogP contribution in [0.4, 0.5) is 0 Å². The van der Waals surface area contributed by atoms with Crippen LogP contribution >= 0.6 is 0 Å². The SMILES string of the molecule is CCCCCCCCNC1CCOC(CC)(CC)C1. The second-order valence-electron chi connectivity index (χ2n) is 6.15. The van der Waals surface area contributed by atoms with Crippen LogP contribution in [0.25, 0.3) is 0 Å². The van der Waals surface area contributed by atoms with Crippen molar-refractivity contribution in [3.8, 4) is 0 Å². The molecule has 1 atom stereocenters. The quantitative estimate of drug-likeness (QED) is 0.582. The molecule has 0 aromatic rings. The maximum absolute atomic E-state index is 6.03. The van der Waals surface area contributed by atoms with Crippen molar-refractivity contribution in [2.75, 3.05) is 13.2 Å². The summed E-state index contributed by atoms with van der Waals surface area (Å²) >= 11 is 0. The molecule has 0 bridgehead atoms. The molecule has 0 amide bonds. The Kier molecular flexibility index (Phi) is 8.72. The third kappa shape index (κ3) is 6.27. The monoisotopic (exact) mass is 269 g/mol. The van der Waals surface area contributed by atoms with Gasteiger partial charge in [0.1, 0.15) is 0 Å². The molecule has 0 aromatic carbocycles. The predicted molar refractivity (Wildman–Crippen MR) is 83.7 cm³/mol. The Morgan fingerprint density at radius 3 is 2.37 bits per heavy atom. The molecule has 0 radical (unpaired) electrons. The predicted octanol–water partition coefficient (Wildman–Crippen LogP) is 4.67. The van der Waals surface area contributed by atoms with Crippen LogP contribution in [-0.4, -0.2) is 24.8 Å². The van der Waals surface area contributed by atoms with Crippen LogP contribution < -0.4 is 5.32 Å². The first-order valence-corrected chi connectivity index (χ1v) is 8.63. The third-order valence-corrected chi connectivity index (χ3v) is 4.74. The van der Waals surface area contributed by atoms with Crippen LogP contribution in [0.3, 0.4) is 0 Å². The molecule has 1 aliphatic heterocycles. The lowest BCUT2D eigenvalue weighted by Crippen LogP contribution is -2.46. The highest BCUT2D eigenvalue weighted by Gasteiger charge is 2.33. The lowest BCUT2D eigenvalue weighted by molar-refractivity contribution is -0.0929. The zero-order chi connectivity index (χ0) is 14.0. The van der Waals surface area contributed by atoms with E-state index in [9.17, 15) is 0 Å². The minimum Gasteiger partial charge on any atom is -0.375 e. The normalized spacial score (nSPS) is 22.6. The largest absolute Gasteiger partial charge is 0.375 e. The van der Waals surface area contributed by atoms with E-state index >= 15 is 0 Å². The summed E-state index contributed by atoms with van der Waals surface area (Å²) in [6, 6.07) is 0.685. The summed E-state index contributed by atoms with van der Waals surface area (Å²) in [7, 11) is 0. The van der Waals surface area contributed by atoms with Crippen LogP contribution in [0.2, 0.25) is 0 Å². The van der Waals surface area contributed by atoms with E-state index in [-0.39, 0.29) is 5.60 Å². The first kappa shape index (κ1) is 17.0. The van der Waals surface area contributed by atoms with Gasteiger partial charge in [0.2, 0.25) is 0 Å². The van der Waals surface area contributed by atoms with E-state index in [0.29, 0.717) is 6.04 Å². The maximum atomic E-state index is 6.03. The van der Waals surface area contributed by atoms with Gasteiger partial charge < -0.3 is 10.1 Å². The number of hydrogen-bond donors (Lipinski definition) is 1. The summed E-state index contributed by atoms with van der Waals surface area (Å²) in [5.41, 5.74) is 0.164. The Balaban J connectivity index is 2.09. The molecule has 1 saturated heterocycles. The lowest BCUT2D eigenvalue weighted by Gasteiger charge is -2.40. The Hall–Kier alpha value is -0.0800. The summed E-state index contributed by atoms with van der Waals surface area (Å²) in [6.07, 6.45) is 13.0.